The molecule has 6 nitrogen and oxygen atoms in total. The molecule has 6 heteroatoms. The first-order valence-corrected chi connectivity index (χ1v) is 7.47. The Morgan fingerprint density at radius 1 is 1.23 bits per heavy atom. The molecule has 1 aliphatic heterocycles. The average molecular weight is 304 g/mol. The lowest BCUT2D eigenvalue weighted by atomic mass is 10.1. The normalized spacial score (nSPS) is 15.0. The second kappa shape index (κ2) is 7.17. The maximum atomic E-state index is 12.1. The molecule has 0 saturated carbocycles. The van der Waals surface area contributed by atoms with E-state index in [1.54, 1.807) is 24.3 Å². The largest absolute Gasteiger partial charge is 0.480 e. The molecule has 118 valence electrons. The number of benzene rings is 1. The summed E-state index contributed by atoms with van der Waals surface area (Å²) in [5.74, 6) is -1.54. The van der Waals surface area contributed by atoms with Gasteiger partial charge in [0.05, 0.1) is 11.1 Å². The minimum absolute atomic E-state index is 0.169. The summed E-state index contributed by atoms with van der Waals surface area (Å²) in [5.41, 5.74) is 0.821. The number of nitrogens with zero attached hydrogens (tertiary/aromatic N) is 1. The zero-order chi connectivity index (χ0) is 16.1. The molecule has 1 aromatic rings. The van der Waals surface area contributed by atoms with Crippen molar-refractivity contribution in [2.45, 2.75) is 32.2 Å². The summed E-state index contributed by atoms with van der Waals surface area (Å²) >= 11 is 0. The van der Waals surface area contributed by atoms with Crippen LogP contribution in [0.25, 0.3) is 0 Å². The lowest BCUT2D eigenvalue weighted by Crippen LogP contribution is -2.42. The predicted molar refractivity (Wildman–Crippen MR) is 80.8 cm³/mol. The molecule has 1 heterocycles. The van der Waals surface area contributed by atoms with Gasteiger partial charge in [-0.25, -0.2) is 0 Å². The zero-order valence-corrected chi connectivity index (χ0v) is 12.5. The van der Waals surface area contributed by atoms with Crippen LogP contribution in [-0.4, -0.2) is 46.9 Å². The predicted octanol–water partition coefficient (Wildman–Crippen LogP) is 1.52. The van der Waals surface area contributed by atoms with Crippen molar-refractivity contribution in [3.05, 3.63) is 35.4 Å². The second-order valence-corrected chi connectivity index (χ2v) is 5.29. The van der Waals surface area contributed by atoms with Crippen LogP contribution < -0.4 is 5.32 Å². The van der Waals surface area contributed by atoms with Gasteiger partial charge in [-0.2, -0.15) is 0 Å². The van der Waals surface area contributed by atoms with E-state index in [4.69, 9.17) is 5.11 Å². The number of hydrogen-bond acceptors (Lipinski definition) is 4. The number of imide groups is 1. The van der Waals surface area contributed by atoms with Crippen molar-refractivity contribution in [3.63, 3.8) is 0 Å². The molecule has 0 bridgehead atoms. The Balaban J connectivity index is 1.91. The van der Waals surface area contributed by atoms with E-state index in [0.29, 0.717) is 17.5 Å². The van der Waals surface area contributed by atoms with Crippen molar-refractivity contribution in [3.8, 4) is 0 Å². The third kappa shape index (κ3) is 3.33. The number of carboxylic acid groups (broad SMARTS) is 1. The van der Waals surface area contributed by atoms with Gasteiger partial charge in [-0.05, 0) is 18.6 Å². The van der Waals surface area contributed by atoms with Gasteiger partial charge in [-0.3, -0.25) is 19.3 Å². The van der Waals surface area contributed by atoms with Crippen LogP contribution in [0.5, 0.6) is 0 Å². The molecule has 2 amide bonds. The fourth-order valence-electron chi connectivity index (χ4n) is 2.51. The molecule has 2 rings (SSSR count). The molecular weight excluding hydrogens is 284 g/mol. The van der Waals surface area contributed by atoms with Gasteiger partial charge in [0.25, 0.3) is 11.8 Å². The molecule has 0 saturated heterocycles. The van der Waals surface area contributed by atoms with E-state index in [2.05, 4.69) is 5.32 Å². The molecule has 0 spiro atoms. The fraction of sp³-hybridized carbons (Fsp3) is 0.438. The van der Waals surface area contributed by atoms with Crippen LogP contribution in [0, 0.1) is 0 Å². The molecule has 1 unspecified atom stereocenters. The smallest absolute Gasteiger partial charge is 0.320 e. The van der Waals surface area contributed by atoms with Crippen molar-refractivity contribution in [2.75, 3.05) is 13.1 Å². The van der Waals surface area contributed by atoms with Crippen molar-refractivity contribution < 1.29 is 19.5 Å². The van der Waals surface area contributed by atoms with Gasteiger partial charge < -0.3 is 10.4 Å². The van der Waals surface area contributed by atoms with Gasteiger partial charge in [-0.1, -0.05) is 31.9 Å². The molecule has 0 fully saturated rings. The highest BCUT2D eigenvalue weighted by molar-refractivity contribution is 6.21. The summed E-state index contributed by atoms with van der Waals surface area (Å²) in [6, 6.07) is 6.05. The minimum atomic E-state index is -0.907. The summed E-state index contributed by atoms with van der Waals surface area (Å²) in [6.45, 7) is 2.44. The first-order chi connectivity index (χ1) is 10.6. The van der Waals surface area contributed by atoms with Crippen molar-refractivity contribution in [2.24, 2.45) is 0 Å². The molecular formula is C16H20N2O4. The van der Waals surface area contributed by atoms with E-state index in [-0.39, 0.29) is 24.9 Å². The highest BCUT2D eigenvalue weighted by Gasteiger charge is 2.34. The topological polar surface area (TPSA) is 86.7 Å². The second-order valence-electron chi connectivity index (χ2n) is 5.29. The molecule has 1 atom stereocenters. The number of carbonyl (C=O) groups excluding carboxylic acids is 2. The van der Waals surface area contributed by atoms with Crippen molar-refractivity contribution >= 4 is 17.8 Å². The molecule has 0 aromatic heterocycles. The van der Waals surface area contributed by atoms with Crippen LogP contribution in [0.15, 0.2) is 24.3 Å². The van der Waals surface area contributed by atoms with E-state index in [0.717, 1.165) is 17.7 Å². The van der Waals surface area contributed by atoms with Crippen molar-refractivity contribution in [1.82, 2.24) is 10.2 Å². The Kier molecular flexibility index (Phi) is 5.27. The van der Waals surface area contributed by atoms with Gasteiger partial charge >= 0.3 is 5.97 Å². The standard InChI is InChI=1S/C16H20N2O4/c1-2-3-8-13(16(21)22)17-9-10-18-14(19)11-6-4-5-7-12(11)15(18)20/h4-7,13,17H,2-3,8-10H2,1H3,(H,21,22). The molecule has 22 heavy (non-hydrogen) atoms. The van der Waals surface area contributed by atoms with Gasteiger partial charge in [-0.15, -0.1) is 0 Å². The maximum absolute atomic E-state index is 12.1. The lowest BCUT2D eigenvalue weighted by molar-refractivity contribution is -0.139. The number of carboxylic acids is 1. The summed E-state index contributed by atoms with van der Waals surface area (Å²) in [5, 5.41) is 12.0. The first kappa shape index (κ1) is 16.2. The third-order valence-corrected chi connectivity index (χ3v) is 3.75. The maximum Gasteiger partial charge on any atom is 0.320 e. The monoisotopic (exact) mass is 304 g/mol. The summed E-state index contributed by atoms with van der Waals surface area (Å²) < 4.78 is 0. The first-order valence-electron chi connectivity index (χ1n) is 7.47. The number of hydrogen-bond donors (Lipinski definition) is 2. The van der Waals surface area contributed by atoms with E-state index in [1.165, 1.54) is 0 Å². The van der Waals surface area contributed by atoms with Crippen molar-refractivity contribution in [1.29, 1.82) is 0 Å². The minimum Gasteiger partial charge on any atom is -0.480 e. The number of amides is 2. The van der Waals surface area contributed by atoms with Crippen LogP contribution in [0.2, 0.25) is 0 Å². The number of rotatable bonds is 8. The Morgan fingerprint density at radius 2 is 1.82 bits per heavy atom. The molecule has 1 aliphatic rings. The van der Waals surface area contributed by atoms with Gasteiger partial charge in [0.2, 0.25) is 0 Å². The van der Waals surface area contributed by atoms with E-state index >= 15 is 0 Å². The SMILES string of the molecule is CCCCC(NCCN1C(=O)c2ccccc2C1=O)C(=O)O. The number of carbonyl (C=O) groups is 3. The Morgan fingerprint density at radius 3 is 2.32 bits per heavy atom. The summed E-state index contributed by atoms with van der Waals surface area (Å²) in [6.07, 6.45) is 2.27. The highest BCUT2D eigenvalue weighted by Crippen LogP contribution is 2.21. The van der Waals surface area contributed by atoms with Crippen LogP contribution >= 0.6 is 0 Å². The molecule has 2 N–H and O–H groups in total. The number of aliphatic carboxylic acids is 1. The third-order valence-electron chi connectivity index (χ3n) is 3.75. The Hall–Kier alpha value is -2.21. The Bertz CT molecular complexity index is 550. The number of unbranched alkanes of at least 4 members (excludes halogenated alkanes) is 1. The van der Waals surface area contributed by atoms with E-state index in [9.17, 15) is 14.4 Å². The van der Waals surface area contributed by atoms with E-state index < -0.39 is 12.0 Å². The molecule has 1 aromatic carbocycles. The number of nitrogens with one attached hydrogen (secondary N) is 1. The van der Waals surface area contributed by atoms with Gasteiger partial charge in [0.15, 0.2) is 0 Å². The zero-order valence-electron chi connectivity index (χ0n) is 12.5. The summed E-state index contributed by atoms with van der Waals surface area (Å²) in [4.78, 5) is 36.6. The van der Waals surface area contributed by atoms with Crippen LogP contribution in [-0.2, 0) is 4.79 Å². The molecule has 0 aliphatic carbocycles. The quantitative estimate of drug-likeness (QED) is 0.711. The highest BCUT2D eigenvalue weighted by atomic mass is 16.4. The fourth-order valence-corrected chi connectivity index (χ4v) is 2.51. The van der Waals surface area contributed by atoms with Gasteiger partial charge in [0, 0.05) is 13.1 Å². The molecule has 0 radical (unpaired) electrons. The van der Waals surface area contributed by atoms with Gasteiger partial charge in [0.1, 0.15) is 6.04 Å². The van der Waals surface area contributed by atoms with E-state index in [1.807, 2.05) is 6.92 Å². The van der Waals surface area contributed by atoms with Crippen LogP contribution in [0.1, 0.15) is 46.9 Å². The van der Waals surface area contributed by atoms with Crippen LogP contribution in [0.4, 0.5) is 0 Å². The summed E-state index contributed by atoms with van der Waals surface area (Å²) in [7, 11) is 0. The Labute approximate surface area is 129 Å². The lowest BCUT2D eigenvalue weighted by Gasteiger charge is -2.17. The average Bonchev–Trinajstić information content (AvgIpc) is 2.75. The number of fused-ring (bicyclic) bond motifs is 1. The van der Waals surface area contributed by atoms with Crippen LogP contribution in [0.3, 0.4) is 0 Å².